The smallest absolute Gasteiger partial charge is 0.329 e. The van der Waals surface area contributed by atoms with Crippen molar-refractivity contribution in [3.8, 4) is 0 Å². The minimum atomic E-state index is -0.576. The number of amides is 1. The van der Waals surface area contributed by atoms with Crippen LogP contribution in [0.25, 0.3) is 0 Å². The molecular weight excluding hydrogens is 254 g/mol. The second kappa shape index (κ2) is 6.91. The van der Waals surface area contributed by atoms with Crippen molar-refractivity contribution in [2.24, 2.45) is 11.8 Å². The number of ether oxygens (including phenoxy) is 1. The second-order valence-electron chi connectivity index (χ2n) is 6.75. The molecule has 0 aromatic heterocycles. The lowest BCUT2D eigenvalue weighted by atomic mass is 9.92. The van der Waals surface area contributed by atoms with E-state index in [-0.39, 0.29) is 23.7 Å². The molecule has 4 nitrogen and oxygen atoms in total. The van der Waals surface area contributed by atoms with Gasteiger partial charge in [0.25, 0.3) is 0 Å². The first-order valence-corrected chi connectivity index (χ1v) is 7.39. The lowest BCUT2D eigenvalue weighted by Gasteiger charge is -2.28. The van der Waals surface area contributed by atoms with Crippen LogP contribution < -0.4 is 5.32 Å². The topological polar surface area (TPSA) is 55.4 Å². The summed E-state index contributed by atoms with van der Waals surface area (Å²) in [5, 5.41) is 2.86. The van der Waals surface area contributed by atoms with E-state index in [1.807, 2.05) is 40.7 Å². The zero-order valence-electron chi connectivity index (χ0n) is 13.2. The number of carbonyl (C=O) groups excluding carboxylic acids is 2. The molecular formula is C16H27NO3. The summed E-state index contributed by atoms with van der Waals surface area (Å²) in [5.74, 6) is -0.414. The number of esters is 1. The Balaban J connectivity index is 2.65. The predicted molar refractivity (Wildman–Crippen MR) is 79.1 cm³/mol. The van der Waals surface area contributed by atoms with Gasteiger partial charge >= 0.3 is 5.97 Å². The molecule has 0 heterocycles. The third-order valence-corrected chi connectivity index (χ3v) is 3.26. The highest BCUT2D eigenvalue weighted by Gasteiger charge is 2.31. The quantitative estimate of drug-likeness (QED) is 0.637. The first-order chi connectivity index (χ1) is 9.20. The summed E-state index contributed by atoms with van der Waals surface area (Å²) >= 11 is 0. The van der Waals surface area contributed by atoms with Crippen LogP contribution in [0.4, 0.5) is 0 Å². The standard InChI is InChI=1S/C16H27NO3/c1-11(2)13(15(19)20-16(3,4)5)17-14(18)12-9-7-6-8-10-12/h6-7,11-13H,8-10H2,1-5H3,(H,17,18)/t12?,13-/m1/s1. The van der Waals surface area contributed by atoms with Crippen molar-refractivity contribution in [2.45, 2.75) is 65.5 Å². The van der Waals surface area contributed by atoms with E-state index in [0.29, 0.717) is 0 Å². The van der Waals surface area contributed by atoms with Gasteiger partial charge in [-0.3, -0.25) is 4.79 Å². The summed E-state index contributed by atoms with van der Waals surface area (Å²) in [6.45, 7) is 9.31. The van der Waals surface area contributed by atoms with Gasteiger partial charge in [0.1, 0.15) is 11.6 Å². The minimum Gasteiger partial charge on any atom is -0.458 e. The normalized spacial score (nSPS) is 20.6. The van der Waals surface area contributed by atoms with E-state index in [2.05, 4.69) is 11.4 Å². The zero-order chi connectivity index (χ0) is 15.3. The maximum atomic E-state index is 12.2. The van der Waals surface area contributed by atoms with Gasteiger partial charge in [-0.25, -0.2) is 4.79 Å². The van der Waals surface area contributed by atoms with E-state index in [9.17, 15) is 9.59 Å². The Morgan fingerprint density at radius 3 is 2.35 bits per heavy atom. The molecule has 20 heavy (non-hydrogen) atoms. The molecule has 0 spiro atoms. The van der Waals surface area contributed by atoms with Crippen molar-refractivity contribution in [2.75, 3.05) is 0 Å². The first kappa shape index (κ1) is 16.7. The molecule has 114 valence electrons. The van der Waals surface area contributed by atoms with E-state index in [1.165, 1.54) is 0 Å². The van der Waals surface area contributed by atoms with Gasteiger partial charge in [-0.1, -0.05) is 26.0 Å². The van der Waals surface area contributed by atoms with Gasteiger partial charge in [-0.2, -0.15) is 0 Å². The van der Waals surface area contributed by atoms with Crippen LogP contribution in [0, 0.1) is 11.8 Å². The number of allylic oxidation sites excluding steroid dienone is 2. The van der Waals surface area contributed by atoms with E-state index in [4.69, 9.17) is 4.74 Å². The minimum absolute atomic E-state index is 0.00735. The SMILES string of the molecule is CC(C)[C@@H](NC(=O)C1CC=CCC1)C(=O)OC(C)(C)C. The molecule has 1 unspecified atom stereocenters. The molecule has 1 aliphatic carbocycles. The van der Waals surface area contributed by atoms with Gasteiger partial charge in [-0.05, 0) is 46.0 Å². The van der Waals surface area contributed by atoms with Crippen LogP contribution in [0.5, 0.6) is 0 Å². The summed E-state index contributed by atoms with van der Waals surface area (Å²) < 4.78 is 5.38. The average molecular weight is 281 g/mol. The van der Waals surface area contributed by atoms with Crippen molar-refractivity contribution in [3.63, 3.8) is 0 Å². The van der Waals surface area contributed by atoms with Crippen molar-refractivity contribution in [1.29, 1.82) is 0 Å². The highest BCUT2D eigenvalue weighted by atomic mass is 16.6. The molecule has 0 saturated carbocycles. The lowest BCUT2D eigenvalue weighted by molar-refractivity contribution is -0.160. The Morgan fingerprint density at radius 2 is 1.90 bits per heavy atom. The van der Waals surface area contributed by atoms with E-state index >= 15 is 0 Å². The number of carbonyl (C=O) groups is 2. The number of nitrogens with one attached hydrogen (secondary N) is 1. The maximum absolute atomic E-state index is 12.2. The highest BCUT2D eigenvalue weighted by Crippen LogP contribution is 2.19. The van der Waals surface area contributed by atoms with Gasteiger partial charge in [0.2, 0.25) is 5.91 Å². The van der Waals surface area contributed by atoms with Gasteiger partial charge in [-0.15, -0.1) is 0 Å². The van der Waals surface area contributed by atoms with Gasteiger partial charge in [0, 0.05) is 5.92 Å². The Kier molecular flexibility index (Phi) is 5.78. The average Bonchev–Trinajstić information content (AvgIpc) is 2.34. The van der Waals surface area contributed by atoms with Crippen LogP contribution in [0.3, 0.4) is 0 Å². The molecule has 0 radical (unpaired) electrons. The third-order valence-electron chi connectivity index (χ3n) is 3.26. The van der Waals surface area contributed by atoms with E-state index in [1.54, 1.807) is 0 Å². The van der Waals surface area contributed by atoms with Crippen LogP contribution in [0.15, 0.2) is 12.2 Å². The molecule has 0 aromatic rings. The molecule has 0 fully saturated rings. The van der Waals surface area contributed by atoms with Gasteiger partial charge in [0.15, 0.2) is 0 Å². The maximum Gasteiger partial charge on any atom is 0.329 e. The Labute approximate surface area is 122 Å². The van der Waals surface area contributed by atoms with E-state index < -0.39 is 11.6 Å². The predicted octanol–water partition coefficient (Wildman–Crippen LogP) is 2.83. The number of hydrogen-bond acceptors (Lipinski definition) is 3. The Morgan fingerprint density at radius 1 is 1.25 bits per heavy atom. The second-order valence-corrected chi connectivity index (χ2v) is 6.75. The number of hydrogen-bond donors (Lipinski definition) is 1. The Hall–Kier alpha value is -1.32. The monoisotopic (exact) mass is 281 g/mol. The van der Waals surface area contributed by atoms with Crippen LogP contribution >= 0.6 is 0 Å². The van der Waals surface area contributed by atoms with Gasteiger partial charge < -0.3 is 10.1 Å². The lowest BCUT2D eigenvalue weighted by Crippen LogP contribution is -2.49. The van der Waals surface area contributed by atoms with Crippen LogP contribution in [0.2, 0.25) is 0 Å². The molecule has 0 aliphatic heterocycles. The fourth-order valence-corrected chi connectivity index (χ4v) is 2.17. The summed E-state index contributed by atoms with van der Waals surface area (Å²) in [5.41, 5.74) is -0.539. The molecule has 1 N–H and O–H groups in total. The summed E-state index contributed by atoms with van der Waals surface area (Å²) in [6.07, 6.45) is 6.66. The molecule has 1 aliphatic rings. The number of rotatable bonds is 4. The van der Waals surface area contributed by atoms with Crippen molar-refractivity contribution >= 4 is 11.9 Å². The molecule has 1 rings (SSSR count). The molecule has 4 heteroatoms. The molecule has 2 atom stereocenters. The van der Waals surface area contributed by atoms with Crippen molar-refractivity contribution in [1.82, 2.24) is 5.32 Å². The summed E-state index contributed by atoms with van der Waals surface area (Å²) in [4.78, 5) is 24.4. The highest BCUT2D eigenvalue weighted by molar-refractivity contribution is 5.86. The zero-order valence-corrected chi connectivity index (χ0v) is 13.2. The Bertz CT molecular complexity index is 380. The third kappa shape index (κ3) is 5.35. The summed E-state index contributed by atoms with van der Waals surface area (Å²) in [7, 11) is 0. The largest absolute Gasteiger partial charge is 0.458 e. The van der Waals surface area contributed by atoms with Crippen LogP contribution in [-0.2, 0) is 14.3 Å². The van der Waals surface area contributed by atoms with Crippen LogP contribution in [-0.4, -0.2) is 23.5 Å². The molecule has 0 aromatic carbocycles. The van der Waals surface area contributed by atoms with Crippen LogP contribution in [0.1, 0.15) is 53.9 Å². The fourth-order valence-electron chi connectivity index (χ4n) is 2.17. The first-order valence-electron chi connectivity index (χ1n) is 7.39. The van der Waals surface area contributed by atoms with Crippen molar-refractivity contribution in [3.05, 3.63) is 12.2 Å². The van der Waals surface area contributed by atoms with E-state index in [0.717, 1.165) is 19.3 Å². The fraction of sp³-hybridized carbons (Fsp3) is 0.750. The van der Waals surface area contributed by atoms with Gasteiger partial charge in [0.05, 0.1) is 0 Å². The summed E-state index contributed by atoms with van der Waals surface area (Å²) in [6, 6.07) is -0.576. The molecule has 1 amide bonds. The molecule has 0 saturated heterocycles. The molecule has 0 bridgehead atoms. The van der Waals surface area contributed by atoms with Crippen molar-refractivity contribution < 1.29 is 14.3 Å².